The molecule has 0 aromatic heterocycles. The molecule has 1 heteroatoms. The van der Waals surface area contributed by atoms with Gasteiger partial charge in [0.15, 0.2) is 0 Å². The summed E-state index contributed by atoms with van der Waals surface area (Å²) in [6.45, 7) is 7.04. The number of fused-ring (bicyclic) bond motifs is 1. The SMILES string of the molecule is CC(C)(C)OCc1ccc2c(c1)CCCC2. The highest BCUT2D eigenvalue weighted by Gasteiger charge is 2.12. The minimum Gasteiger partial charge on any atom is -0.371 e. The molecule has 1 nitrogen and oxygen atoms in total. The van der Waals surface area contributed by atoms with Crippen LogP contribution in [0.15, 0.2) is 18.2 Å². The molecule has 0 fully saturated rings. The highest BCUT2D eigenvalue weighted by atomic mass is 16.5. The summed E-state index contributed by atoms with van der Waals surface area (Å²) in [7, 11) is 0. The molecule has 2 rings (SSSR count). The van der Waals surface area contributed by atoms with Crippen molar-refractivity contribution in [3.63, 3.8) is 0 Å². The van der Waals surface area contributed by atoms with Crippen LogP contribution in [0.25, 0.3) is 0 Å². The summed E-state index contributed by atoms with van der Waals surface area (Å²) in [6, 6.07) is 6.84. The Labute approximate surface area is 98.8 Å². The Balaban J connectivity index is 2.06. The van der Waals surface area contributed by atoms with Crippen LogP contribution < -0.4 is 0 Å². The monoisotopic (exact) mass is 218 g/mol. The number of aryl methyl sites for hydroxylation is 2. The van der Waals surface area contributed by atoms with Crippen LogP contribution in [0.1, 0.15) is 50.3 Å². The predicted molar refractivity (Wildman–Crippen MR) is 67.6 cm³/mol. The highest BCUT2D eigenvalue weighted by molar-refractivity contribution is 5.33. The Bertz CT molecular complexity index is 360. The number of rotatable bonds is 2. The average molecular weight is 218 g/mol. The van der Waals surface area contributed by atoms with Crippen molar-refractivity contribution in [2.75, 3.05) is 0 Å². The number of benzene rings is 1. The second-order valence-corrected chi connectivity index (χ2v) is 5.71. The molecule has 0 atom stereocenters. The van der Waals surface area contributed by atoms with Gasteiger partial charge in [0.2, 0.25) is 0 Å². The van der Waals surface area contributed by atoms with Crippen molar-refractivity contribution >= 4 is 0 Å². The summed E-state index contributed by atoms with van der Waals surface area (Å²) >= 11 is 0. The van der Waals surface area contributed by atoms with Gasteiger partial charge in [-0.1, -0.05) is 18.2 Å². The molecule has 0 bridgehead atoms. The zero-order chi connectivity index (χ0) is 11.6. The van der Waals surface area contributed by atoms with Gasteiger partial charge in [-0.05, 0) is 63.1 Å². The van der Waals surface area contributed by atoms with E-state index < -0.39 is 0 Å². The Morgan fingerprint density at radius 1 is 1.06 bits per heavy atom. The fourth-order valence-electron chi connectivity index (χ4n) is 2.18. The first-order valence-electron chi connectivity index (χ1n) is 6.29. The van der Waals surface area contributed by atoms with Crippen LogP contribution in [0.5, 0.6) is 0 Å². The van der Waals surface area contributed by atoms with E-state index in [2.05, 4.69) is 39.0 Å². The van der Waals surface area contributed by atoms with E-state index in [0.717, 1.165) is 6.61 Å². The smallest absolute Gasteiger partial charge is 0.0724 e. The van der Waals surface area contributed by atoms with Crippen molar-refractivity contribution < 1.29 is 4.74 Å². The molecule has 0 unspecified atom stereocenters. The van der Waals surface area contributed by atoms with E-state index in [9.17, 15) is 0 Å². The van der Waals surface area contributed by atoms with Crippen LogP contribution in [0.3, 0.4) is 0 Å². The van der Waals surface area contributed by atoms with Gasteiger partial charge in [0.25, 0.3) is 0 Å². The molecule has 1 aromatic rings. The molecule has 16 heavy (non-hydrogen) atoms. The van der Waals surface area contributed by atoms with E-state index >= 15 is 0 Å². The molecule has 0 saturated carbocycles. The zero-order valence-corrected chi connectivity index (χ0v) is 10.7. The van der Waals surface area contributed by atoms with E-state index in [1.807, 2.05) is 0 Å². The highest BCUT2D eigenvalue weighted by Crippen LogP contribution is 2.23. The van der Waals surface area contributed by atoms with Crippen LogP contribution in [-0.4, -0.2) is 5.60 Å². The lowest BCUT2D eigenvalue weighted by Crippen LogP contribution is -2.18. The zero-order valence-electron chi connectivity index (χ0n) is 10.7. The summed E-state index contributed by atoms with van der Waals surface area (Å²) < 4.78 is 5.81. The molecular formula is C15H22O. The summed E-state index contributed by atoms with van der Waals surface area (Å²) in [5.41, 5.74) is 4.36. The Morgan fingerprint density at radius 2 is 1.75 bits per heavy atom. The third-order valence-electron chi connectivity index (χ3n) is 3.08. The normalized spacial score (nSPS) is 15.9. The topological polar surface area (TPSA) is 9.23 Å². The van der Waals surface area contributed by atoms with Crippen molar-refractivity contribution in [3.05, 3.63) is 34.9 Å². The van der Waals surface area contributed by atoms with Crippen molar-refractivity contribution in [1.29, 1.82) is 0 Å². The van der Waals surface area contributed by atoms with Gasteiger partial charge in [-0.3, -0.25) is 0 Å². The first kappa shape index (κ1) is 11.7. The first-order chi connectivity index (χ1) is 7.54. The maximum atomic E-state index is 5.81. The molecule has 88 valence electrons. The van der Waals surface area contributed by atoms with E-state index in [0.29, 0.717) is 0 Å². The molecule has 1 aromatic carbocycles. The summed E-state index contributed by atoms with van der Waals surface area (Å²) in [5.74, 6) is 0. The first-order valence-corrected chi connectivity index (χ1v) is 6.29. The predicted octanol–water partition coefficient (Wildman–Crippen LogP) is 3.88. The largest absolute Gasteiger partial charge is 0.371 e. The van der Waals surface area contributed by atoms with Crippen LogP contribution in [-0.2, 0) is 24.2 Å². The third-order valence-corrected chi connectivity index (χ3v) is 3.08. The standard InChI is InChI=1S/C15H22O/c1-15(2,3)16-11-12-8-9-13-6-4-5-7-14(13)10-12/h8-10H,4-7,11H2,1-3H3. The minimum atomic E-state index is -0.0457. The fraction of sp³-hybridized carbons (Fsp3) is 0.600. The number of ether oxygens (including phenoxy) is 1. The molecule has 0 spiro atoms. The summed E-state index contributed by atoms with van der Waals surface area (Å²) in [6.07, 6.45) is 5.20. The van der Waals surface area contributed by atoms with Crippen molar-refractivity contribution in [3.8, 4) is 0 Å². The maximum absolute atomic E-state index is 5.81. The second kappa shape index (κ2) is 4.58. The Hall–Kier alpha value is -0.820. The molecular weight excluding hydrogens is 196 g/mol. The van der Waals surface area contributed by atoms with Gasteiger partial charge in [-0.15, -0.1) is 0 Å². The van der Waals surface area contributed by atoms with Gasteiger partial charge in [-0.2, -0.15) is 0 Å². The van der Waals surface area contributed by atoms with Crippen LogP contribution in [0.4, 0.5) is 0 Å². The van der Waals surface area contributed by atoms with Gasteiger partial charge < -0.3 is 4.74 Å². The summed E-state index contributed by atoms with van der Waals surface area (Å²) in [4.78, 5) is 0. The van der Waals surface area contributed by atoms with Crippen LogP contribution >= 0.6 is 0 Å². The van der Waals surface area contributed by atoms with Crippen molar-refractivity contribution in [2.45, 2.75) is 58.7 Å². The van der Waals surface area contributed by atoms with Gasteiger partial charge in [0.1, 0.15) is 0 Å². The second-order valence-electron chi connectivity index (χ2n) is 5.71. The lowest BCUT2D eigenvalue weighted by Gasteiger charge is -2.21. The summed E-state index contributed by atoms with van der Waals surface area (Å²) in [5, 5.41) is 0. The molecule has 1 aliphatic rings. The molecule has 0 N–H and O–H groups in total. The maximum Gasteiger partial charge on any atom is 0.0724 e. The lowest BCUT2D eigenvalue weighted by molar-refractivity contribution is -0.0149. The number of hydrogen-bond acceptors (Lipinski definition) is 1. The molecule has 0 heterocycles. The molecule has 0 radical (unpaired) electrons. The van der Waals surface area contributed by atoms with E-state index in [-0.39, 0.29) is 5.60 Å². The van der Waals surface area contributed by atoms with Crippen molar-refractivity contribution in [1.82, 2.24) is 0 Å². The molecule has 1 aliphatic carbocycles. The molecule has 0 amide bonds. The van der Waals surface area contributed by atoms with E-state index in [1.165, 1.54) is 31.2 Å². The van der Waals surface area contributed by atoms with Crippen molar-refractivity contribution in [2.24, 2.45) is 0 Å². The van der Waals surface area contributed by atoms with Gasteiger partial charge in [0, 0.05) is 0 Å². The van der Waals surface area contributed by atoms with E-state index in [4.69, 9.17) is 4.74 Å². The Kier molecular flexibility index (Phi) is 3.34. The molecule has 0 aliphatic heterocycles. The minimum absolute atomic E-state index is 0.0457. The lowest BCUT2D eigenvalue weighted by atomic mass is 9.90. The molecule has 0 saturated heterocycles. The third kappa shape index (κ3) is 3.08. The Morgan fingerprint density at radius 3 is 2.44 bits per heavy atom. The fourth-order valence-corrected chi connectivity index (χ4v) is 2.18. The van der Waals surface area contributed by atoms with E-state index in [1.54, 1.807) is 11.1 Å². The van der Waals surface area contributed by atoms with Gasteiger partial charge in [-0.25, -0.2) is 0 Å². The van der Waals surface area contributed by atoms with Gasteiger partial charge in [0.05, 0.1) is 12.2 Å². The quantitative estimate of drug-likeness (QED) is 0.732. The van der Waals surface area contributed by atoms with Gasteiger partial charge >= 0.3 is 0 Å². The van der Waals surface area contributed by atoms with Crippen LogP contribution in [0, 0.1) is 0 Å². The average Bonchev–Trinajstić information content (AvgIpc) is 2.25. The number of hydrogen-bond donors (Lipinski definition) is 0. The van der Waals surface area contributed by atoms with Crippen LogP contribution in [0.2, 0.25) is 0 Å².